The summed E-state index contributed by atoms with van der Waals surface area (Å²) >= 11 is 0. The first-order chi connectivity index (χ1) is 15.8. The van der Waals surface area contributed by atoms with E-state index in [4.69, 9.17) is 4.74 Å². The normalized spacial score (nSPS) is 36.8. The molecule has 5 heteroatoms. The summed E-state index contributed by atoms with van der Waals surface area (Å²) in [5, 5.41) is 10.2. The van der Waals surface area contributed by atoms with Crippen molar-refractivity contribution < 1.29 is 19.4 Å². The molecule has 1 unspecified atom stereocenters. The fraction of sp³-hybridized carbons (Fsp3) is 0.714. The van der Waals surface area contributed by atoms with E-state index in [1.165, 1.54) is 11.1 Å². The van der Waals surface area contributed by atoms with Crippen LogP contribution in [0.1, 0.15) is 88.7 Å². The van der Waals surface area contributed by atoms with Crippen molar-refractivity contribution in [1.29, 1.82) is 0 Å². The minimum Gasteiger partial charge on any atom is -0.508 e. The van der Waals surface area contributed by atoms with E-state index >= 15 is 0 Å². The van der Waals surface area contributed by atoms with Crippen molar-refractivity contribution >= 4 is 11.9 Å². The van der Waals surface area contributed by atoms with E-state index < -0.39 is 0 Å². The molecular formula is C28H39NO4. The second-order valence-corrected chi connectivity index (χ2v) is 11.5. The van der Waals surface area contributed by atoms with Gasteiger partial charge in [0.25, 0.3) is 0 Å². The lowest BCUT2D eigenvalue weighted by molar-refractivity contribution is -0.165. The van der Waals surface area contributed by atoms with Crippen molar-refractivity contribution in [3.8, 4) is 5.75 Å². The molecule has 2 saturated carbocycles. The van der Waals surface area contributed by atoms with Crippen LogP contribution in [-0.4, -0.2) is 41.1 Å². The van der Waals surface area contributed by atoms with Gasteiger partial charge in [0, 0.05) is 31.8 Å². The average Bonchev–Trinajstić information content (AvgIpc) is 3.31. The lowest BCUT2D eigenvalue weighted by atomic mass is 9.50. The Bertz CT molecular complexity index is 944. The molecule has 1 spiro atoms. The maximum Gasteiger partial charge on any atom is 0.306 e. The second-order valence-electron chi connectivity index (χ2n) is 11.5. The Balaban J connectivity index is 1.48. The SMILES string of the molecule is CCCCN(C)C(=O)CC1Cc2cc(O)ccc2[C@H]2CC[C@@]3(C)[C@@H](CC[C@@]34CCC(=O)O4)[C@H]12. The number of rotatable bonds is 5. The maximum atomic E-state index is 13.2. The number of benzene rings is 1. The van der Waals surface area contributed by atoms with Crippen molar-refractivity contribution in [2.75, 3.05) is 13.6 Å². The first kappa shape index (κ1) is 22.7. The highest BCUT2D eigenvalue weighted by molar-refractivity contribution is 5.76. The monoisotopic (exact) mass is 453 g/mol. The van der Waals surface area contributed by atoms with Crippen molar-refractivity contribution in [3.63, 3.8) is 0 Å². The summed E-state index contributed by atoms with van der Waals surface area (Å²) in [6.07, 6.45) is 9.08. The van der Waals surface area contributed by atoms with Crippen LogP contribution in [0.15, 0.2) is 18.2 Å². The van der Waals surface area contributed by atoms with E-state index in [0.29, 0.717) is 36.3 Å². The minimum absolute atomic E-state index is 0.00976. The van der Waals surface area contributed by atoms with Crippen molar-refractivity contribution in [2.45, 2.75) is 89.6 Å². The fourth-order valence-corrected chi connectivity index (χ4v) is 8.17. The zero-order valence-corrected chi connectivity index (χ0v) is 20.4. The molecule has 4 aliphatic rings. The minimum atomic E-state index is -0.304. The predicted octanol–water partition coefficient (Wildman–Crippen LogP) is 5.20. The maximum absolute atomic E-state index is 13.2. The van der Waals surface area contributed by atoms with E-state index in [9.17, 15) is 14.7 Å². The average molecular weight is 454 g/mol. The van der Waals surface area contributed by atoms with Gasteiger partial charge in [0.15, 0.2) is 0 Å². The summed E-state index contributed by atoms with van der Waals surface area (Å²) in [6, 6.07) is 5.87. The van der Waals surface area contributed by atoms with Gasteiger partial charge in [0.1, 0.15) is 11.4 Å². The Labute approximate surface area is 197 Å². The number of phenolic OH excluding ortho intramolecular Hbond substituents is 1. The molecule has 5 nitrogen and oxygen atoms in total. The number of aromatic hydroxyl groups is 1. The van der Waals surface area contributed by atoms with Gasteiger partial charge in [-0.3, -0.25) is 9.59 Å². The predicted molar refractivity (Wildman–Crippen MR) is 127 cm³/mol. The summed E-state index contributed by atoms with van der Waals surface area (Å²) in [4.78, 5) is 27.3. The molecule has 1 amide bonds. The van der Waals surface area contributed by atoms with Crippen molar-refractivity contribution in [2.24, 2.45) is 23.2 Å². The number of phenols is 1. The topological polar surface area (TPSA) is 66.8 Å². The van der Waals surface area contributed by atoms with Gasteiger partial charge in [-0.25, -0.2) is 0 Å². The first-order valence-corrected chi connectivity index (χ1v) is 13.1. The van der Waals surface area contributed by atoms with E-state index in [2.05, 4.69) is 19.9 Å². The van der Waals surface area contributed by atoms with Gasteiger partial charge in [-0.05, 0) is 91.9 Å². The van der Waals surface area contributed by atoms with Gasteiger partial charge in [-0.15, -0.1) is 0 Å². The highest BCUT2D eigenvalue weighted by atomic mass is 16.6. The summed E-state index contributed by atoms with van der Waals surface area (Å²) in [5.74, 6) is 2.08. The molecule has 5 rings (SSSR count). The highest BCUT2D eigenvalue weighted by Gasteiger charge is 2.66. The van der Waals surface area contributed by atoms with Crippen LogP contribution in [-0.2, 0) is 20.7 Å². The van der Waals surface area contributed by atoms with Crippen LogP contribution < -0.4 is 0 Å². The van der Waals surface area contributed by atoms with Crippen LogP contribution in [0.5, 0.6) is 5.75 Å². The number of hydrogen-bond acceptors (Lipinski definition) is 4. The van der Waals surface area contributed by atoms with E-state index in [0.717, 1.165) is 57.9 Å². The van der Waals surface area contributed by atoms with Crippen LogP contribution >= 0.6 is 0 Å². The van der Waals surface area contributed by atoms with E-state index in [-0.39, 0.29) is 28.8 Å². The molecule has 0 aromatic heterocycles. The second kappa shape index (κ2) is 8.32. The Hall–Kier alpha value is -2.04. The van der Waals surface area contributed by atoms with Gasteiger partial charge >= 0.3 is 5.97 Å². The van der Waals surface area contributed by atoms with E-state index in [1.807, 2.05) is 24.1 Å². The molecular weight excluding hydrogens is 414 g/mol. The number of carbonyl (C=O) groups is 2. The Kier molecular flexibility index (Phi) is 5.73. The summed E-state index contributed by atoms with van der Waals surface area (Å²) in [6.45, 7) is 5.34. The number of carbonyl (C=O) groups excluding carboxylic acids is 2. The molecule has 0 bridgehead atoms. The number of fused-ring (bicyclic) bond motifs is 6. The van der Waals surface area contributed by atoms with E-state index in [1.54, 1.807) is 0 Å². The van der Waals surface area contributed by atoms with Crippen LogP contribution in [0.3, 0.4) is 0 Å². The molecule has 3 fully saturated rings. The third-order valence-corrected chi connectivity index (χ3v) is 9.93. The molecule has 1 aliphatic heterocycles. The molecule has 0 radical (unpaired) electrons. The van der Waals surface area contributed by atoms with Crippen LogP contribution in [0, 0.1) is 23.2 Å². The number of amides is 1. The van der Waals surface area contributed by atoms with Gasteiger partial charge in [0.05, 0.1) is 0 Å². The quantitative estimate of drug-likeness (QED) is 0.623. The van der Waals surface area contributed by atoms with Gasteiger partial charge in [-0.2, -0.15) is 0 Å². The number of ether oxygens (including phenoxy) is 1. The lowest BCUT2D eigenvalue weighted by Crippen LogP contribution is -2.52. The number of nitrogens with zero attached hydrogens (tertiary/aromatic N) is 1. The van der Waals surface area contributed by atoms with Gasteiger partial charge < -0.3 is 14.7 Å². The molecule has 33 heavy (non-hydrogen) atoms. The zero-order chi connectivity index (χ0) is 23.4. The molecule has 1 aromatic carbocycles. The Morgan fingerprint density at radius 1 is 1.24 bits per heavy atom. The fourth-order valence-electron chi connectivity index (χ4n) is 8.17. The number of hydrogen-bond donors (Lipinski definition) is 1. The molecule has 3 aliphatic carbocycles. The zero-order valence-electron chi connectivity index (χ0n) is 20.4. The van der Waals surface area contributed by atoms with Gasteiger partial charge in [0.2, 0.25) is 5.91 Å². The third-order valence-electron chi connectivity index (χ3n) is 9.93. The molecule has 1 N–H and O–H groups in total. The standard InChI is InChI=1S/C28H39NO4/c1-4-5-14-29(3)24(31)17-19-15-18-16-20(30)6-7-21(18)22-8-11-27(2)23(26(19)22)9-12-28(27)13-10-25(32)33-28/h6-7,16,19,22-23,26,30H,4-5,8-15,17H2,1-3H3/t19?,22-,23+,26-,27+,28-/m1/s1. The van der Waals surface area contributed by atoms with Crippen LogP contribution in [0.25, 0.3) is 0 Å². The highest BCUT2D eigenvalue weighted by Crippen LogP contribution is 2.68. The molecule has 1 aromatic rings. The Morgan fingerprint density at radius 3 is 2.79 bits per heavy atom. The molecule has 1 saturated heterocycles. The molecule has 180 valence electrons. The van der Waals surface area contributed by atoms with Crippen molar-refractivity contribution in [1.82, 2.24) is 4.90 Å². The third kappa shape index (κ3) is 3.57. The number of unbranched alkanes of at least 4 members (excludes halogenated alkanes) is 1. The largest absolute Gasteiger partial charge is 0.508 e. The molecule has 1 heterocycles. The van der Waals surface area contributed by atoms with Crippen LogP contribution in [0.4, 0.5) is 0 Å². The Morgan fingerprint density at radius 2 is 2.06 bits per heavy atom. The van der Waals surface area contributed by atoms with Crippen LogP contribution in [0.2, 0.25) is 0 Å². The smallest absolute Gasteiger partial charge is 0.306 e. The first-order valence-electron chi connectivity index (χ1n) is 13.1. The summed E-state index contributed by atoms with van der Waals surface area (Å²) in [5.41, 5.74) is 2.27. The lowest BCUT2D eigenvalue weighted by Gasteiger charge is -2.55. The number of esters is 1. The molecule has 6 atom stereocenters. The summed E-state index contributed by atoms with van der Waals surface area (Å²) < 4.78 is 6.10. The van der Waals surface area contributed by atoms with Crippen molar-refractivity contribution in [3.05, 3.63) is 29.3 Å². The summed E-state index contributed by atoms with van der Waals surface area (Å²) in [7, 11) is 1.94. The van der Waals surface area contributed by atoms with Gasteiger partial charge in [-0.1, -0.05) is 26.3 Å².